The van der Waals surface area contributed by atoms with Crippen molar-refractivity contribution in [3.05, 3.63) is 29.0 Å². The molecule has 1 atom stereocenters. The van der Waals surface area contributed by atoms with Gasteiger partial charge in [0.2, 0.25) is 5.91 Å². The number of benzene rings is 1. The van der Waals surface area contributed by atoms with Gasteiger partial charge in [0.1, 0.15) is 5.82 Å². The third kappa shape index (κ3) is 4.30. The molecular weight excluding hydrogens is 355 g/mol. The molecule has 3 rings (SSSR count). The number of hydrogen-bond acceptors (Lipinski definition) is 4. The maximum absolute atomic E-state index is 13.3. The van der Waals surface area contributed by atoms with E-state index in [1.807, 2.05) is 4.90 Å². The molecule has 2 aliphatic heterocycles. The van der Waals surface area contributed by atoms with E-state index in [0.29, 0.717) is 13.1 Å². The van der Waals surface area contributed by atoms with Gasteiger partial charge in [-0.1, -0.05) is 11.6 Å². The predicted molar refractivity (Wildman–Crippen MR) is 103 cm³/mol. The first-order valence-electron chi connectivity index (χ1n) is 9.23. The second kappa shape index (κ2) is 7.71. The van der Waals surface area contributed by atoms with Gasteiger partial charge in [0.05, 0.1) is 11.1 Å². The fourth-order valence-electron chi connectivity index (χ4n) is 3.61. The van der Waals surface area contributed by atoms with Crippen molar-refractivity contribution in [1.29, 1.82) is 0 Å². The number of piperazine rings is 2. The number of nitrogens with one attached hydrogen (secondary N) is 1. The molecule has 1 aromatic carbocycles. The number of nitrogens with zero attached hydrogens (tertiary/aromatic N) is 3. The van der Waals surface area contributed by atoms with Crippen LogP contribution in [0.2, 0.25) is 5.02 Å². The van der Waals surface area contributed by atoms with E-state index in [1.54, 1.807) is 12.1 Å². The van der Waals surface area contributed by atoms with Crippen LogP contribution in [0, 0.1) is 5.82 Å². The average molecular weight is 383 g/mol. The van der Waals surface area contributed by atoms with Crippen LogP contribution in [0.3, 0.4) is 0 Å². The molecule has 5 nitrogen and oxygen atoms in total. The molecule has 0 aromatic heterocycles. The molecule has 1 aromatic rings. The van der Waals surface area contributed by atoms with E-state index in [4.69, 9.17) is 11.6 Å². The van der Waals surface area contributed by atoms with E-state index in [-0.39, 0.29) is 22.5 Å². The van der Waals surface area contributed by atoms with Crippen LogP contribution in [-0.2, 0) is 4.79 Å². The van der Waals surface area contributed by atoms with Crippen molar-refractivity contribution in [1.82, 2.24) is 15.1 Å². The topological polar surface area (TPSA) is 38.8 Å². The zero-order valence-electron chi connectivity index (χ0n) is 15.8. The van der Waals surface area contributed by atoms with Crippen molar-refractivity contribution in [2.24, 2.45) is 0 Å². The molecule has 0 radical (unpaired) electrons. The summed E-state index contributed by atoms with van der Waals surface area (Å²) in [7, 11) is 0. The molecule has 7 heteroatoms. The highest BCUT2D eigenvalue weighted by atomic mass is 35.5. The molecule has 2 fully saturated rings. The highest BCUT2D eigenvalue weighted by Gasteiger charge is 2.34. The van der Waals surface area contributed by atoms with Gasteiger partial charge in [0.25, 0.3) is 0 Å². The van der Waals surface area contributed by atoms with E-state index < -0.39 is 5.82 Å². The maximum atomic E-state index is 13.3. The number of carbonyl (C=O) groups is 1. The predicted octanol–water partition coefficient (Wildman–Crippen LogP) is 2.20. The third-order valence-electron chi connectivity index (χ3n) is 5.28. The van der Waals surface area contributed by atoms with Gasteiger partial charge in [-0.3, -0.25) is 9.69 Å². The van der Waals surface area contributed by atoms with Gasteiger partial charge in [-0.25, -0.2) is 4.39 Å². The first kappa shape index (κ1) is 19.4. The highest BCUT2D eigenvalue weighted by Crippen LogP contribution is 2.24. The minimum atomic E-state index is -0.406. The van der Waals surface area contributed by atoms with Gasteiger partial charge >= 0.3 is 0 Å². The quantitative estimate of drug-likeness (QED) is 0.851. The van der Waals surface area contributed by atoms with Crippen LogP contribution >= 0.6 is 11.6 Å². The fraction of sp³-hybridized carbons (Fsp3) is 0.632. The Kier molecular flexibility index (Phi) is 5.75. The second-order valence-corrected chi connectivity index (χ2v) is 8.44. The number of carbonyl (C=O) groups excluding carboxylic acids is 1. The molecule has 2 saturated heterocycles. The molecule has 2 aliphatic rings. The molecule has 0 aliphatic carbocycles. The summed E-state index contributed by atoms with van der Waals surface area (Å²) in [5.41, 5.74) is 0.972. The summed E-state index contributed by atoms with van der Waals surface area (Å²) in [6.07, 6.45) is 0. The third-order valence-corrected chi connectivity index (χ3v) is 5.57. The standard InChI is InChI=1S/C19H28ClFN4O/c1-19(2,3)25-7-6-22-17(13-25)18(26)24-10-8-23(9-11-24)14-4-5-16(21)15(20)12-14/h4-5,12,17,22H,6-11,13H2,1-3H3/t17-/m0/s1. The summed E-state index contributed by atoms with van der Waals surface area (Å²) in [6, 6.07) is 4.64. The summed E-state index contributed by atoms with van der Waals surface area (Å²) < 4.78 is 13.3. The Hall–Kier alpha value is -1.37. The Morgan fingerprint density at radius 2 is 1.88 bits per heavy atom. The zero-order valence-corrected chi connectivity index (χ0v) is 16.5. The molecule has 0 saturated carbocycles. The maximum Gasteiger partial charge on any atom is 0.241 e. The van der Waals surface area contributed by atoms with Crippen LogP contribution in [0.5, 0.6) is 0 Å². The SMILES string of the molecule is CC(C)(C)N1CCN[C@H](C(=O)N2CCN(c3ccc(F)c(Cl)c3)CC2)C1. The lowest BCUT2D eigenvalue weighted by Crippen LogP contribution is -2.63. The summed E-state index contributed by atoms with van der Waals surface area (Å²) >= 11 is 5.89. The smallest absolute Gasteiger partial charge is 0.241 e. The van der Waals surface area contributed by atoms with Gasteiger partial charge < -0.3 is 15.1 Å². The summed E-state index contributed by atoms with van der Waals surface area (Å²) in [5, 5.41) is 3.50. The average Bonchev–Trinajstić information content (AvgIpc) is 2.63. The monoisotopic (exact) mass is 382 g/mol. The summed E-state index contributed by atoms with van der Waals surface area (Å²) in [6.45, 7) is 11.9. The van der Waals surface area contributed by atoms with Crippen molar-refractivity contribution >= 4 is 23.2 Å². The first-order valence-corrected chi connectivity index (χ1v) is 9.61. The molecule has 1 N–H and O–H groups in total. The van der Waals surface area contributed by atoms with E-state index in [1.165, 1.54) is 6.07 Å². The molecule has 0 unspecified atom stereocenters. The van der Waals surface area contributed by atoms with Crippen molar-refractivity contribution in [2.45, 2.75) is 32.4 Å². The van der Waals surface area contributed by atoms with E-state index in [2.05, 4.69) is 35.9 Å². The Morgan fingerprint density at radius 3 is 2.50 bits per heavy atom. The molecule has 0 spiro atoms. The number of anilines is 1. The van der Waals surface area contributed by atoms with Crippen molar-refractivity contribution in [3.8, 4) is 0 Å². The summed E-state index contributed by atoms with van der Waals surface area (Å²) in [5.74, 6) is -0.230. The molecular formula is C19H28ClFN4O. The molecule has 144 valence electrons. The minimum absolute atomic E-state index is 0.0706. The van der Waals surface area contributed by atoms with E-state index >= 15 is 0 Å². The van der Waals surface area contributed by atoms with Gasteiger partial charge in [-0.05, 0) is 39.0 Å². The second-order valence-electron chi connectivity index (χ2n) is 8.03. The Morgan fingerprint density at radius 1 is 1.19 bits per heavy atom. The number of amides is 1. The van der Waals surface area contributed by atoms with Gasteiger partial charge in [0, 0.05) is 57.0 Å². The van der Waals surface area contributed by atoms with E-state index in [0.717, 1.165) is 38.4 Å². The molecule has 1 amide bonds. The van der Waals surface area contributed by atoms with Crippen LogP contribution in [0.4, 0.5) is 10.1 Å². The van der Waals surface area contributed by atoms with Gasteiger partial charge in [-0.2, -0.15) is 0 Å². The normalized spacial score (nSPS) is 22.6. The molecule has 26 heavy (non-hydrogen) atoms. The lowest BCUT2D eigenvalue weighted by atomic mass is 10.0. The molecule has 0 bridgehead atoms. The number of halogens is 2. The number of hydrogen-bond donors (Lipinski definition) is 1. The van der Waals surface area contributed by atoms with Crippen molar-refractivity contribution < 1.29 is 9.18 Å². The Bertz CT molecular complexity index is 655. The first-order chi connectivity index (χ1) is 12.3. The van der Waals surface area contributed by atoms with Gasteiger partial charge in [-0.15, -0.1) is 0 Å². The van der Waals surface area contributed by atoms with Crippen LogP contribution < -0.4 is 10.2 Å². The van der Waals surface area contributed by atoms with E-state index in [9.17, 15) is 9.18 Å². The lowest BCUT2D eigenvalue weighted by Gasteiger charge is -2.43. The molecule has 2 heterocycles. The van der Waals surface area contributed by atoms with Crippen molar-refractivity contribution in [3.63, 3.8) is 0 Å². The van der Waals surface area contributed by atoms with Crippen LogP contribution in [0.25, 0.3) is 0 Å². The zero-order chi connectivity index (χ0) is 18.9. The van der Waals surface area contributed by atoms with Crippen LogP contribution in [-0.4, -0.2) is 73.1 Å². The summed E-state index contributed by atoms with van der Waals surface area (Å²) in [4.78, 5) is 19.4. The Balaban J connectivity index is 1.57. The largest absolute Gasteiger partial charge is 0.368 e. The minimum Gasteiger partial charge on any atom is -0.368 e. The van der Waals surface area contributed by atoms with Crippen LogP contribution in [0.15, 0.2) is 18.2 Å². The van der Waals surface area contributed by atoms with Crippen LogP contribution in [0.1, 0.15) is 20.8 Å². The van der Waals surface area contributed by atoms with Crippen molar-refractivity contribution in [2.75, 3.05) is 50.7 Å². The Labute approximate surface area is 160 Å². The fourth-order valence-corrected chi connectivity index (χ4v) is 3.79. The van der Waals surface area contributed by atoms with Gasteiger partial charge in [0.15, 0.2) is 0 Å². The number of rotatable bonds is 2. The highest BCUT2D eigenvalue weighted by molar-refractivity contribution is 6.31. The lowest BCUT2D eigenvalue weighted by molar-refractivity contribution is -0.135.